The van der Waals surface area contributed by atoms with E-state index in [1.807, 2.05) is 0 Å². The molecule has 1 aliphatic rings. The van der Waals surface area contributed by atoms with Gasteiger partial charge in [0.1, 0.15) is 23.4 Å². The fourth-order valence-corrected chi connectivity index (χ4v) is 3.43. The molecule has 1 fully saturated rings. The molecule has 178 valence electrons. The number of nitrogens with zero attached hydrogens (tertiary/aromatic N) is 1. The third-order valence-electron chi connectivity index (χ3n) is 5.08. The Hall–Kier alpha value is -3.50. The monoisotopic (exact) mass is 470 g/mol. The lowest BCUT2D eigenvalue weighted by Gasteiger charge is -2.35. The van der Waals surface area contributed by atoms with Crippen molar-refractivity contribution in [2.45, 2.75) is 31.5 Å². The van der Waals surface area contributed by atoms with Gasteiger partial charge < -0.3 is 24.8 Å². The summed E-state index contributed by atoms with van der Waals surface area (Å²) in [5.74, 6) is -1.00. The van der Waals surface area contributed by atoms with Crippen LogP contribution in [0.1, 0.15) is 22.3 Å². The summed E-state index contributed by atoms with van der Waals surface area (Å²) in [5, 5.41) is 0. The highest BCUT2D eigenvalue weighted by Gasteiger charge is 2.34. The Labute approximate surface area is 187 Å². The van der Waals surface area contributed by atoms with E-state index in [9.17, 15) is 27.2 Å². The molecule has 0 aliphatic carbocycles. The van der Waals surface area contributed by atoms with Crippen molar-refractivity contribution >= 4 is 11.8 Å². The van der Waals surface area contributed by atoms with E-state index >= 15 is 0 Å². The number of nitrogens with two attached hydrogens (primary N) is 1. The van der Waals surface area contributed by atoms with Gasteiger partial charge >= 0.3 is 6.36 Å². The van der Waals surface area contributed by atoms with Crippen molar-refractivity contribution in [2.24, 2.45) is 5.73 Å². The zero-order chi connectivity index (χ0) is 24.2. The maximum atomic E-state index is 14.8. The number of primary amides is 1. The molecule has 33 heavy (non-hydrogen) atoms. The molecule has 1 aliphatic heterocycles. The summed E-state index contributed by atoms with van der Waals surface area (Å²) in [6, 6.07) is 9.30. The van der Waals surface area contributed by atoms with Gasteiger partial charge in [-0.1, -0.05) is 12.1 Å². The average molecular weight is 470 g/mol. The minimum Gasteiger partial charge on any atom is -0.497 e. The molecule has 11 heteroatoms. The second kappa shape index (κ2) is 9.97. The summed E-state index contributed by atoms with van der Waals surface area (Å²) >= 11 is 0. The molecule has 0 saturated carbocycles. The first kappa shape index (κ1) is 24.1. The van der Waals surface area contributed by atoms with Crippen LogP contribution in [0.5, 0.6) is 17.2 Å². The normalized spacial score (nSPS) is 18.5. The second-order valence-electron chi connectivity index (χ2n) is 7.40. The number of halogens is 4. The van der Waals surface area contributed by atoms with E-state index < -0.39 is 30.3 Å². The van der Waals surface area contributed by atoms with E-state index in [4.69, 9.17) is 15.2 Å². The van der Waals surface area contributed by atoms with Crippen LogP contribution >= 0.6 is 0 Å². The van der Waals surface area contributed by atoms with E-state index in [2.05, 4.69) is 4.74 Å². The van der Waals surface area contributed by atoms with Crippen LogP contribution in [0.25, 0.3) is 0 Å². The van der Waals surface area contributed by atoms with Gasteiger partial charge in [-0.05, 0) is 29.8 Å². The van der Waals surface area contributed by atoms with Gasteiger partial charge in [0.2, 0.25) is 5.91 Å². The molecule has 2 amide bonds. The van der Waals surface area contributed by atoms with Crippen LogP contribution in [0.3, 0.4) is 0 Å². The Kier molecular flexibility index (Phi) is 7.29. The highest BCUT2D eigenvalue weighted by molar-refractivity contribution is 5.95. The number of hydrogen-bond donors (Lipinski definition) is 1. The number of hydrogen-bond acceptors (Lipinski definition) is 5. The van der Waals surface area contributed by atoms with Gasteiger partial charge in [-0.25, -0.2) is 4.39 Å². The SMILES string of the molecule is COc1ccc(C(N)=O)c(O[C@@H]2CCN(C(=O)Cc3ccc(OC(F)(F)F)cc3)C[C@H]2F)c1. The summed E-state index contributed by atoms with van der Waals surface area (Å²) in [7, 11) is 1.43. The number of likely N-dealkylation sites (tertiary alicyclic amines) is 1. The predicted octanol–water partition coefficient (Wildman–Crippen LogP) is 3.25. The first-order valence-electron chi connectivity index (χ1n) is 9.96. The maximum absolute atomic E-state index is 14.8. The smallest absolute Gasteiger partial charge is 0.497 e. The fourth-order valence-electron chi connectivity index (χ4n) is 3.43. The van der Waals surface area contributed by atoms with Gasteiger partial charge in [-0.3, -0.25) is 9.59 Å². The highest BCUT2D eigenvalue weighted by atomic mass is 19.4. The molecule has 2 N–H and O–H groups in total. The number of alkyl halides is 4. The molecular formula is C22H22F4N2O5. The van der Waals surface area contributed by atoms with E-state index in [1.165, 1.54) is 42.3 Å². The number of piperidine rings is 1. The predicted molar refractivity (Wildman–Crippen MR) is 109 cm³/mol. The average Bonchev–Trinajstić information content (AvgIpc) is 2.75. The minimum atomic E-state index is -4.80. The van der Waals surface area contributed by atoms with Crippen LogP contribution in [0.2, 0.25) is 0 Å². The van der Waals surface area contributed by atoms with Gasteiger partial charge in [0.15, 0.2) is 6.17 Å². The number of carbonyl (C=O) groups excluding carboxylic acids is 2. The number of rotatable bonds is 7. The number of carbonyl (C=O) groups is 2. The van der Waals surface area contributed by atoms with Crippen molar-refractivity contribution in [1.29, 1.82) is 0 Å². The Morgan fingerprint density at radius 1 is 1.12 bits per heavy atom. The van der Waals surface area contributed by atoms with Crippen molar-refractivity contribution in [3.63, 3.8) is 0 Å². The fraction of sp³-hybridized carbons (Fsp3) is 0.364. The molecule has 0 aromatic heterocycles. The zero-order valence-electron chi connectivity index (χ0n) is 17.6. The van der Waals surface area contributed by atoms with Crippen LogP contribution < -0.4 is 19.9 Å². The van der Waals surface area contributed by atoms with Gasteiger partial charge in [-0.2, -0.15) is 0 Å². The molecule has 3 rings (SSSR count). The molecule has 1 heterocycles. The third kappa shape index (κ3) is 6.50. The van der Waals surface area contributed by atoms with Crippen LogP contribution in [0, 0.1) is 0 Å². The summed E-state index contributed by atoms with van der Waals surface area (Å²) in [6.07, 6.45) is -7.18. The van der Waals surface area contributed by atoms with Crippen molar-refractivity contribution in [2.75, 3.05) is 20.2 Å². The minimum absolute atomic E-state index is 0.0828. The topological polar surface area (TPSA) is 91.1 Å². The maximum Gasteiger partial charge on any atom is 0.573 e. The van der Waals surface area contributed by atoms with Crippen LogP contribution in [0.4, 0.5) is 17.6 Å². The third-order valence-corrected chi connectivity index (χ3v) is 5.08. The van der Waals surface area contributed by atoms with Crippen LogP contribution in [-0.4, -0.2) is 55.6 Å². The van der Waals surface area contributed by atoms with Crippen molar-refractivity contribution in [3.05, 3.63) is 53.6 Å². The molecule has 0 radical (unpaired) electrons. The summed E-state index contributed by atoms with van der Waals surface area (Å²) in [6.45, 7) is -0.0241. The van der Waals surface area contributed by atoms with E-state index in [-0.39, 0.29) is 43.2 Å². The molecule has 2 aromatic rings. The molecule has 0 spiro atoms. The number of methoxy groups -OCH3 is 1. The molecule has 0 bridgehead atoms. The first-order valence-corrected chi connectivity index (χ1v) is 9.96. The Morgan fingerprint density at radius 3 is 2.36 bits per heavy atom. The zero-order valence-corrected chi connectivity index (χ0v) is 17.6. The number of ether oxygens (including phenoxy) is 3. The lowest BCUT2D eigenvalue weighted by molar-refractivity contribution is -0.274. The van der Waals surface area contributed by atoms with Crippen LogP contribution in [-0.2, 0) is 11.2 Å². The van der Waals surface area contributed by atoms with Gasteiger partial charge in [0, 0.05) is 19.0 Å². The van der Waals surface area contributed by atoms with E-state index in [0.717, 1.165) is 12.1 Å². The van der Waals surface area contributed by atoms with Gasteiger partial charge in [0.05, 0.1) is 25.6 Å². The largest absolute Gasteiger partial charge is 0.573 e. The first-order chi connectivity index (χ1) is 15.6. The summed E-state index contributed by atoms with van der Waals surface area (Å²) < 4.78 is 66.1. The molecule has 0 unspecified atom stereocenters. The molecule has 2 aromatic carbocycles. The van der Waals surface area contributed by atoms with Gasteiger partial charge in [0.25, 0.3) is 5.91 Å². The Bertz CT molecular complexity index is 997. The van der Waals surface area contributed by atoms with Crippen LogP contribution in [0.15, 0.2) is 42.5 Å². The van der Waals surface area contributed by atoms with E-state index in [0.29, 0.717) is 11.3 Å². The number of amides is 2. The Balaban J connectivity index is 1.59. The highest BCUT2D eigenvalue weighted by Crippen LogP contribution is 2.29. The lowest BCUT2D eigenvalue weighted by atomic mass is 10.0. The van der Waals surface area contributed by atoms with Crippen molar-refractivity contribution < 1.29 is 41.4 Å². The second-order valence-corrected chi connectivity index (χ2v) is 7.40. The molecule has 7 nitrogen and oxygen atoms in total. The quantitative estimate of drug-likeness (QED) is 0.628. The van der Waals surface area contributed by atoms with Crippen molar-refractivity contribution in [1.82, 2.24) is 4.90 Å². The summed E-state index contributed by atoms with van der Waals surface area (Å²) in [4.78, 5) is 25.5. The summed E-state index contributed by atoms with van der Waals surface area (Å²) in [5.41, 5.74) is 5.90. The lowest BCUT2D eigenvalue weighted by Crippen LogP contribution is -2.49. The standard InChI is InChI=1S/C22H22F4N2O5/c1-31-15-6-7-16(21(27)30)19(11-15)32-18-8-9-28(12-17(18)23)20(29)10-13-2-4-14(5-3-13)33-22(24,25)26/h2-7,11,17-18H,8-10,12H2,1H3,(H2,27,30)/t17-,18-/m1/s1. The number of benzene rings is 2. The molecule has 2 atom stereocenters. The van der Waals surface area contributed by atoms with Crippen molar-refractivity contribution in [3.8, 4) is 17.2 Å². The molecule has 1 saturated heterocycles. The Morgan fingerprint density at radius 2 is 1.79 bits per heavy atom. The van der Waals surface area contributed by atoms with E-state index in [1.54, 1.807) is 0 Å². The van der Waals surface area contributed by atoms with Gasteiger partial charge in [-0.15, -0.1) is 13.2 Å². The molecular weight excluding hydrogens is 448 g/mol.